The Bertz CT molecular complexity index is 1820. The van der Waals surface area contributed by atoms with Crippen molar-refractivity contribution in [1.82, 2.24) is 0 Å². The van der Waals surface area contributed by atoms with Crippen LogP contribution in [0.3, 0.4) is 0 Å². The Kier molecular flexibility index (Phi) is 20.3. The van der Waals surface area contributed by atoms with E-state index in [0.29, 0.717) is 13.2 Å². The molecule has 344 valence electrons. The largest absolute Gasteiger partial charge is 0.790 e. The fourth-order valence-corrected chi connectivity index (χ4v) is 9.36. The Labute approximate surface area is 375 Å². The summed E-state index contributed by atoms with van der Waals surface area (Å²) in [6.07, 6.45) is 6.88. The van der Waals surface area contributed by atoms with E-state index in [4.69, 9.17) is 38.2 Å². The first kappa shape index (κ1) is 51.1. The summed E-state index contributed by atoms with van der Waals surface area (Å²) in [5.74, 6) is 1.72. The van der Waals surface area contributed by atoms with Crippen molar-refractivity contribution >= 4 is 19.8 Å². The summed E-state index contributed by atoms with van der Waals surface area (Å²) in [4.78, 5) is 50.7. The topological polar surface area (TPSA) is 154 Å². The molecule has 0 bridgehead atoms. The molecule has 2 aliphatic heterocycles. The van der Waals surface area contributed by atoms with E-state index in [2.05, 4.69) is 41.5 Å². The molecule has 13 heteroatoms. The molecule has 0 saturated carbocycles. The highest BCUT2D eigenvalue weighted by atomic mass is 31.2. The first-order valence-electron chi connectivity index (χ1n) is 22.8. The molecule has 0 unspecified atom stereocenters. The molecule has 0 spiro atoms. The zero-order valence-corrected chi connectivity index (χ0v) is 39.1. The number of benzene rings is 4. The lowest BCUT2D eigenvalue weighted by Gasteiger charge is -2.38. The second-order valence-corrected chi connectivity index (χ2v) is 17.4. The maximum absolute atomic E-state index is 13.2. The van der Waals surface area contributed by atoms with Crippen molar-refractivity contribution in [1.29, 1.82) is 0 Å². The van der Waals surface area contributed by atoms with Gasteiger partial charge in [0, 0.05) is 22.3 Å². The van der Waals surface area contributed by atoms with Gasteiger partial charge in [-0.15, -0.1) is 0 Å². The normalized spacial score (nSPS) is 13.2. The van der Waals surface area contributed by atoms with E-state index >= 15 is 0 Å². The lowest BCUT2D eigenvalue weighted by molar-refractivity contribution is -0.928. The summed E-state index contributed by atoms with van der Waals surface area (Å²) in [6, 6.07) is 31.0. The molecule has 12 nitrogen and oxygen atoms in total. The van der Waals surface area contributed by atoms with Crippen LogP contribution in [0.15, 0.2) is 97.1 Å². The van der Waals surface area contributed by atoms with Crippen LogP contribution in [0.2, 0.25) is 0 Å². The highest BCUT2D eigenvalue weighted by Crippen LogP contribution is 2.45. The van der Waals surface area contributed by atoms with Gasteiger partial charge in [-0.25, -0.2) is 0 Å². The van der Waals surface area contributed by atoms with Gasteiger partial charge in [-0.2, -0.15) is 0 Å². The van der Waals surface area contributed by atoms with Crippen molar-refractivity contribution in [3.8, 4) is 23.0 Å². The molecule has 0 aliphatic carbocycles. The van der Waals surface area contributed by atoms with Crippen LogP contribution in [-0.2, 0) is 23.6 Å². The molecule has 1 N–H and O–H groups in total. The third kappa shape index (κ3) is 14.7. The van der Waals surface area contributed by atoms with E-state index in [0.717, 1.165) is 145 Å². The number of rotatable bonds is 20. The Morgan fingerprint density at radius 1 is 0.492 bits per heavy atom. The van der Waals surface area contributed by atoms with Gasteiger partial charge in [-0.1, -0.05) is 114 Å². The number of esters is 2. The van der Waals surface area contributed by atoms with E-state index < -0.39 is 19.7 Å². The van der Waals surface area contributed by atoms with Crippen molar-refractivity contribution in [2.75, 3.05) is 65.6 Å². The molecule has 4 aromatic rings. The third-order valence-electron chi connectivity index (χ3n) is 11.6. The van der Waals surface area contributed by atoms with Crippen LogP contribution < -0.4 is 19.3 Å². The number of carbonyl (C=O) groups excluding carboxylic acids is 2. The van der Waals surface area contributed by atoms with Crippen molar-refractivity contribution in [3.05, 3.63) is 119 Å². The number of hydrogen-bond acceptors (Lipinski definition) is 9. The van der Waals surface area contributed by atoms with Gasteiger partial charge >= 0.3 is 11.9 Å². The second-order valence-electron chi connectivity index (χ2n) is 16.5. The average Bonchev–Trinajstić information content (AvgIpc) is 3.25. The fraction of sp³-hybridized carbons (Fsp3) is 0.480. The smallest absolute Gasteiger partial charge is 0.318 e. The maximum Gasteiger partial charge on any atom is 0.318 e. The number of phosphoric acid groups is 1. The number of quaternary nitrogens is 2. The van der Waals surface area contributed by atoms with Crippen molar-refractivity contribution < 1.29 is 56.7 Å². The van der Waals surface area contributed by atoms with E-state index in [9.17, 15) is 9.59 Å². The zero-order valence-electron chi connectivity index (χ0n) is 38.2. The molecule has 0 radical (unpaired) electrons. The molecule has 0 fully saturated rings. The van der Waals surface area contributed by atoms with Gasteiger partial charge in [0.2, 0.25) is 0 Å². The Morgan fingerprint density at radius 2 is 0.714 bits per heavy atom. The lowest BCUT2D eigenvalue weighted by Crippen LogP contribution is -2.51. The summed E-state index contributed by atoms with van der Waals surface area (Å²) in [5, 5.41) is 0. The second kappa shape index (κ2) is 25.1. The van der Waals surface area contributed by atoms with Gasteiger partial charge in [-0.05, 0) is 62.8 Å². The molecule has 6 rings (SSSR count). The predicted molar refractivity (Wildman–Crippen MR) is 243 cm³/mol. The zero-order chi connectivity index (χ0) is 45.9. The molecule has 4 aromatic carbocycles. The van der Waals surface area contributed by atoms with E-state index in [1.807, 2.05) is 97.1 Å². The minimum absolute atomic E-state index is 0.184. The molecule has 0 amide bonds. The summed E-state index contributed by atoms with van der Waals surface area (Å²) >= 11 is 0. The van der Waals surface area contributed by atoms with Crippen LogP contribution in [0.4, 0.5) is 0 Å². The Hall–Kier alpha value is -4.55. The number of nitrogens with zero attached hydrogens (tertiary/aromatic N) is 2. The summed E-state index contributed by atoms with van der Waals surface area (Å²) in [6.45, 7) is 22.9. The molecule has 0 aromatic heterocycles. The van der Waals surface area contributed by atoms with Gasteiger partial charge in [0.1, 0.15) is 61.1 Å². The number of hydrogen-bond donors (Lipinski definition) is 1. The lowest BCUT2D eigenvalue weighted by atomic mass is 9.88. The minimum atomic E-state index is -5.14. The summed E-state index contributed by atoms with van der Waals surface area (Å²) in [7, 11) is -5.14. The van der Waals surface area contributed by atoms with Gasteiger partial charge in [-0.3, -0.25) is 9.59 Å². The standard InChI is InChI=1S/2C25H34NO3.H3O4P/c2*1-4-15-26(16-5-2,17-6-3)18-19-28-25(27)24-20-11-7-9-13-22(20)29-23-14-10-8-12-21(23)24;1-5(2,3)4/h2*7-14,24H,4-6,15-19H2,1-3H3;(H3,1,2,3,4)/q2*+1;/p-2. The SMILES string of the molecule is CCC[N+](CCC)(CCC)CCOC(=O)C1c2ccccc2Oc2ccccc21.CCC[N+](CCC)(CCC)CCOC(=O)C1c2ccccc2Oc2ccccc21.O=P([O-])([O-])O. The van der Waals surface area contributed by atoms with Crippen LogP contribution in [0.5, 0.6) is 23.0 Å². The molecule has 2 heterocycles. The Morgan fingerprint density at radius 3 is 0.937 bits per heavy atom. The molecular formula is C50H69N2O10P. The maximum atomic E-state index is 13.2. The van der Waals surface area contributed by atoms with Gasteiger partial charge in [0.05, 0.1) is 47.1 Å². The minimum Gasteiger partial charge on any atom is -0.790 e. The van der Waals surface area contributed by atoms with Crippen molar-refractivity contribution in [2.24, 2.45) is 0 Å². The first-order valence-corrected chi connectivity index (χ1v) is 24.3. The van der Waals surface area contributed by atoms with Crippen molar-refractivity contribution in [3.63, 3.8) is 0 Å². The van der Waals surface area contributed by atoms with E-state index in [1.165, 1.54) is 0 Å². The molecule has 0 saturated heterocycles. The molecule has 2 aliphatic rings. The average molecular weight is 889 g/mol. The molecule has 63 heavy (non-hydrogen) atoms. The summed E-state index contributed by atoms with van der Waals surface area (Å²) in [5.41, 5.74) is 3.53. The molecule has 0 atom stereocenters. The number of para-hydroxylation sites is 4. The van der Waals surface area contributed by atoms with Crippen LogP contribution in [0, 0.1) is 0 Å². The van der Waals surface area contributed by atoms with Crippen LogP contribution in [-0.4, -0.2) is 91.4 Å². The van der Waals surface area contributed by atoms with Gasteiger partial charge in [0.15, 0.2) is 0 Å². The Balaban J connectivity index is 0.000000250. The quantitative estimate of drug-likeness (QED) is 0.0517. The van der Waals surface area contributed by atoms with Crippen LogP contribution >= 0.6 is 7.82 Å². The van der Waals surface area contributed by atoms with Crippen molar-refractivity contribution in [2.45, 2.75) is 91.9 Å². The van der Waals surface area contributed by atoms with Gasteiger partial charge < -0.3 is 47.2 Å². The number of carbonyl (C=O) groups is 2. The van der Waals surface area contributed by atoms with Gasteiger partial charge in [0.25, 0.3) is 0 Å². The van der Waals surface area contributed by atoms with Crippen LogP contribution in [0.25, 0.3) is 0 Å². The van der Waals surface area contributed by atoms with E-state index in [1.54, 1.807) is 0 Å². The fourth-order valence-electron chi connectivity index (χ4n) is 9.36. The monoisotopic (exact) mass is 888 g/mol. The highest BCUT2D eigenvalue weighted by molar-refractivity contribution is 7.42. The first-order chi connectivity index (χ1) is 30.3. The number of ether oxygens (including phenoxy) is 4. The highest BCUT2D eigenvalue weighted by Gasteiger charge is 2.36. The number of fused-ring (bicyclic) bond motifs is 4. The van der Waals surface area contributed by atoms with Crippen LogP contribution in [0.1, 0.15) is 114 Å². The summed E-state index contributed by atoms with van der Waals surface area (Å²) < 4.78 is 34.5. The third-order valence-corrected chi connectivity index (χ3v) is 11.6. The molecular weight excluding hydrogens is 820 g/mol. The predicted octanol–water partition coefficient (Wildman–Crippen LogP) is 8.84. The van der Waals surface area contributed by atoms with E-state index in [-0.39, 0.29) is 11.9 Å².